The minimum atomic E-state index is -0.0986. The molecule has 1 heterocycles. The number of hydrogen-bond acceptors (Lipinski definition) is 3. The van der Waals surface area contributed by atoms with Crippen molar-refractivity contribution in [1.29, 1.82) is 0 Å². The minimum Gasteiger partial charge on any atom is -0.345 e. The number of nitrogens with one attached hydrogen (secondary N) is 2. The molecule has 2 N–H and O–H groups in total. The maximum absolute atomic E-state index is 10.9. The first kappa shape index (κ1) is 10.8. The molecule has 1 amide bonds. The van der Waals surface area contributed by atoms with Gasteiger partial charge in [0.05, 0.1) is 0 Å². The van der Waals surface area contributed by atoms with E-state index >= 15 is 0 Å². The summed E-state index contributed by atoms with van der Waals surface area (Å²) < 4.78 is 0. The fourth-order valence-electron chi connectivity index (χ4n) is 1.43. The van der Waals surface area contributed by atoms with Crippen molar-refractivity contribution in [2.45, 2.75) is 11.8 Å². The first-order valence-corrected chi connectivity index (χ1v) is 5.22. The number of H-pyrrole nitrogens is 1. The van der Waals surface area contributed by atoms with Gasteiger partial charge in [0.1, 0.15) is 5.82 Å². The zero-order chi connectivity index (χ0) is 11.5. The van der Waals surface area contributed by atoms with Crippen molar-refractivity contribution in [3.63, 3.8) is 0 Å². The molecule has 2 aromatic rings. The van der Waals surface area contributed by atoms with Crippen LogP contribution in [-0.2, 0) is 4.79 Å². The minimum absolute atomic E-state index is 0.0986. The molecular formula is C11H11N3OS. The Morgan fingerprint density at radius 2 is 2.31 bits per heavy atom. The number of anilines is 1. The predicted octanol–water partition coefficient (Wildman–Crippen LogP) is 2.32. The highest BCUT2D eigenvalue weighted by molar-refractivity contribution is 7.80. The van der Waals surface area contributed by atoms with Crippen molar-refractivity contribution < 1.29 is 4.79 Å². The topological polar surface area (TPSA) is 57.8 Å². The molecule has 1 aromatic carbocycles. The molecule has 0 saturated carbocycles. The summed E-state index contributed by atoms with van der Waals surface area (Å²) >= 11 is 4.37. The van der Waals surface area contributed by atoms with Crippen LogP contribution >= 0.6 is 12.6 Å². The second kappa shape index (κ2) is 4.40. The molecule has 0 aliphatic carbocycles. The van der Waals surface area contributed by atoms with E-state index in [0.717, 1.165) is 22.0 Å². The molecule has 0 spiro atoms. The zero-order valence-corrected chi connectivity index (χ0v) is 9.58. The van der Waals surface area contributed by atoms with Gasteiger partial charge in [-0.3, -0.25) is 4.79 Å². The molecule has 0 fully saturated rings. The molecule has 0 aliphatic rings. The molecule has 82 valence electrons. The van der Waals surface area contributed by atoms with Crippen molar-refractivity contribution in [1.82, 2.24) is 9.97 Å². The van der Waals surface area contributed by atoms with Gasteiger partial charge in [-0.2, -0.15) is 0 Å². The third-order valence-electron chi connectivity index (χ3n) is 2.07. The molecule has 5 heteroatoms. The van der Waals surface area contributed by atoms with Gasteiger partial charge in [-0.25, -0.2) is 4.98 Å². The van der Waals surface area contributed by atoms with Gasteiger partial charge in [-0.1, -0.05) is 0 Å². The van der Waals surface area contributed by atoms with E-state index in [2.05, 4.69) is 27.9 Å². The average Bonchev–Trinajstić information content (AvgIpc) is 2.69. The summed E-state index contributed by atoms with van der Waals surface area (Å²) in [5, 5.41) is 2.70. The van der Waals surface area contributed by atoms with E-state index in [1.165, 1.54) is 6.92 Å². The van der Waals surface area contributed by atoms with Gasteiger partial charge >= 0.3 is 0 Å². The molecule has 0 radical (unpaired) electrons. The zero-order valence-electron chi connectivity index (χ0n) is 8.69. The summed E-state index contributed by atoms with van der Waals surface area (Å²) in [5.41, 5.74) is 1.63. The Morgan fingerprint density at radius 3 is 2.88 bits per heavy atom. The molecule has 0 bridgehead atoms. The van der Waals surface area contributed by atoms with E-state index in [-0.39, 0.29) is 5.91 Å². The van der Waals surface area contributed by atoms with Gasteiger partial charge < -0.3 is 10.3 Å². The van der Waals surface area contributed by atoms with E-state index in [1.54, 1.807) is 18.5 Å². The predicted molar refractivity (Wildman–Crippen MR) is 65.6 cm³/mol. The van der Waals surface area contributed by atoms with Crippen LogP contribution < -0.4 is 5.32 Å². The number of hydrogen-bond donors (Lipinski definition) is 3. The average molecular weight is 233 g/mol. The third-order valence-corrected chi connectivity index (χ3v) is 2.44. The largest absolute Gasteiger partial charge is 0.345 e. The smallest absolute Gasteiger partial charge is 0.221 e. The molecule has 16 heavy (non-hydrogen) atoms. The molecule has 0 atom stereocenters. The van der Waals surface area contributed by atoms with Crippen molar-refractivity contribution in [3.8, 4) is 11.4 Å². The number of carbonyl (C=O) groups excluding carboxylic acids is 1. The Labute approximate surface area is 98.5 Å². The van der Waals surface area contributed by atoms with Crippen LogP contribution in [0.25, 0.3) is 11.4 Å². The number of benzene rings is 1. The van der Waals surface area contributed by atoms with Crippen LogP contribution in [0, 0.1) is 0 Å². The molecule has 2 rings (SSSR count). The van der Waals surface area contributed by atoms with Gasteiger partial charge in [0.15, 0.2) is 0 Å². The maximum atomic E-state index is 10.9. The second-order valence-corrected chi connectivity index (χ2v) is 3.83. The highest BCUT2D eigenvalue weighted by atomic mass is 32.1. The lowest BCUT2D eigenvalue weighted by atomic mass is 10.2. The number of aromatic amines is 1. The van der Waals surface area contributed by atoms with Crippen molar-refractivity contribution >= 4 is 24.2 Å². The lowest BCUT2D eigenvalue weighted by Gasteiger charge is -2.06. The van der Waals surface area contributed by atoms with Crippen LogP contribution in [0.3, 0.4) is 0 Å². The van der Waals surface area contributed by atoms with Crippen LogP contribution in [0.2, 0.25) is 0 Å². The molecule has 0 aliphatic heterocycles. The highest BCUT2D eigenvalue weighted by Gasteiger charge is 2.05. The Kier molecular flexibility index (Phi) is 2.96. The van der Waals surface area contributed by atoms with Crippen LogP contribution in [0.5, 0.6) is 0 Å². The Morgan fingerprint density at radius 1 is 1.50 bits per heavy atom. The third kappa shape index (κ3) is 2.25. The summed E-state index contributed by atoms with van der Waals surface area (Å²) in [4.78, 5) is 18.8. The molecule has 0 unspecified atom stereocenters. The van der Waals surface area contributed by atoms with Gasteiger partial charge in [0.2, 0.25) is 5.91 Å². The molecule has 1 aromatic heterocycles. The lowest BCUT2D eigenvalue weighted by molar-refractivity contribution is -0.114. The molecule has 0 saturated heterocycles. The molecule has 4 nitrogen and oxygen atoms in total. The van der Waals surface area contributed by atoms with Gasteiger partial charge in [0, 0.05) is 35.5 Å². The fraction of sp³-hybridized carbons (Fsp3) is 0.0909. The monoisotopic (exact) mass is 233 g/mol. The summed E-state index contributed by atoms with van der Waals surface area (Å²) in [6.45, 7) is 1.47. The van der Waals surface area contributed by atoms with E-state index in [9.17, 15) is 4.79 Å². The highest BCUT2D eigenvalue weighted by Crippen LogP contribution is 2.26. The normalized spacial score (nSPS) is 10.1. The Balaban J connectivity index is 2.34. The molecular weight excluding hydrogens is 222 g/mol. The first-order chi connectivity index (χ1) is 7.66. The van der Waals surface area contributed by atoms with E-state index in [4.69, 9.17) is 0 Å². The van der Waals surface area contributed by atoms with Crippen molar-refractivity contribution in [3.05, 3.63) is 30.6 Å². The van der Waals surface area contributed by atoms with E-state index in [0.29, 0.717) is 0 Å². The number of aromatic nitrogens is 2. The van der Waals surface area contributed by atoms with E-state index < -0.39 is 0 Å². The van der Waals surface area contributed by atoms with Crippen molar-refractivity contribution in [2.24, 2.45) is 0 Å². The van der Waals surface area contributed by atoms with Gasteiger partial charge in [-0.15, -0.1) is 12.6 Å². The van der Waals surface area contributed by atoms with Gasteiger partial charge in [-0.05, 0) is 18.2 Å². The van der Waals surface area contributed by atoms with Crippen LogP contribution in [0.1, 0.15) is 6.92 Å². The van der Waals surface area contributed by atoms with Gasteiger partial charge in [0.25, 0.3) is 0 Å². The Hall–Kier alpha value is -1.75. The summed E-state index contributed by atoms with van der Waals surface area (Å²) in [6.07, 6.45) is 3.44. The number of imidazole rings is 1. The quantitative estimate of drug-likeness (QED) is 0.697. The van der Waals surface area contributed by atoms with Crippen LogP contribution in [0.4, 0.5) is 5.69 Å². The van der Waals surface area contributed by atoms with Crippen molar-refractivity contribution in [2.75, 3.05) is 5.32 Å². The summed E-state index contributed by atoms with van der Waals surface area (Å²) in [6, 6.07) is 5.48. The lowest BCUT2D eigenvalue weighted by Crippen LogP contribution is -2.05. The van der Waals surface area contributed by atoms with E-state index in [1.807, 2.05) is 12.1 Å². The summed E-state index contributed by atoms with van der Waals surface area (Å²) in [5.74, 6) is 0.665. The number of carbonyl (C=O) groups is 1. The fourth-order valence-corrected chi connectivity index (χ4v) is 1.74. The van der Waals surface area contributed by atoms with Crippen LogP contribution in [0.15, 0.2) is 35.5 Å². The van der Waals surface area contributed by atoms with Crippen LogP contribution in [-0.4, -0.2) is 15.9 Å². The standard InChI is InChI=1S/C11H11N3OS/c1-7(15)14-8-2-3-9(10(16)6-8)11-12-4-5-13-11/h2-6,16H,1H3,(H,12,13)(H,14,15). The summed E-state index contributed by atoms with van der Waals surface area (Å²) in [7, 11) is 0. The number of nitrogens with zero attached hydrogens (tertiary/aromatic N) is 1. The number of amides is 1. The SMILES string of the molecule is CC(=O)Nc1ccc(-c2ncc[nH]2)c(S)c1. The number of thiol groups is 1. The maximum Gasteiger partial charge on any atom is 0.221 e. The first-order valence-electron chi connectivity index (χ1n) is 4.77. The Bertz CT molecular complexity index is 508. The second-order valence-electron chi connectivity index (χ2n) is 3.35. The number of rotatable bonds is 2.